The second-order valence-electron chi connectivity index (χ2n) is 5.61. The lowest BCUT2D eigenvalue weighted by molar-refractivity contribution is -0.115. The van der Waals surface area contributed by atoms with E-state index in [2.05, 4.69) is 10.6 Å². The first kappa shape index (κ1) is 16.4. The SMILES string of the molecule is CC(=O)Nc1ccc2cc(-c3ccccc3NC(C)=O)c(=O)oc2c1. The van der Waals surface area contributed by atoms with Crippen LogP contribution in [0.25, 0.3) is 22.1 Å². The maximum atomic E-state index is 12.4. The maximum absolute atomic E-state index is 12.4. The topological polar surface area (TPSA) is 88.4 Å². The van der Waals surface area contributed by atoms with Gasteiger partial charge in [-0.2, -0.15) is 0 Å². The third-order valence-electron chi connectivity index (χ3n) is 3.58. The zero-order valence-electron chi connectivity index (χ0n) is 13.8. The molecule has 0 fully saturated rings. The predicted molar refractivity (Wildman–Crippen MR) is 96.5 cm³/mol. The monoisotopic (exact) mass is 336 g/mol. The Morgan fingerprint density at radius 3 is 2.32 bits per heavy atom. The fourth-order valence-corrected chi connectivity index (χ4v) is 2.60. The van der Waals surface area contributed by atoms with E-state index in [1.165, 1.54) is 13.8 Å². The Kier molecular flexibility index (Phi) is 4.35. The van der Waals surface area contributed by atoms with Gasteiger partial charge in [0.2, 0.25) is 11.8 Å². The van der Waals surface area contributed by atoms with Gasteiger partial charge in [0.15, 0.2) is 0 Å². The average molecular weight is 336 g/mol. The molecule has 0 spiro atoms. The summed E-state index contributed by atoms with van der Waals surface area (Å²) >= 11 is 0. The summed E-state index contributed by atoms with van der Waals surface area (Å²) in [5.74, 6) is -0.430. The molecular formula is C19H16N2O4. The lowest BCUT2D eigenvalue weighted by Gasteiger charge is -2.10. The zero-order chi connectivity index (χ0) is 18.0. The Bertz CT molecular complexity index is 1040. The molecule has 6 heteroatoms. The van der Waals surface area contributed by atoms with Crippen LogP contribution in [0, 0.1) is 0 Å². The van der Waals surface area contributed by atoms with E-state index in [1.807, 2.05) is 0 Å². The minimum absolute atomic E-state index is 0.206. The highest BCUT2D eigenvalue weighted by Gasteiger charge is 2.13. The van der Waals surface area contributed by atoms with Crippen LogP contribution in [0.1, 0.15) is 13.8 Å². The van der Waals surface area contributed by atoms with Crippen molar-refractivity contribution in [1.29, 1.82) is 0 Å². The van der Waals surface area contributed by atoms with E-state index < -0.39 is 5.63 Å². The number of fused-ring (bicyclic) bond motifs is 1. The molecule has 3 aromatic rings. The third kappa shape index (κ3) is 3.58. The van der Waals surface area contributed by atoms with Gasteiger partial charge in [0.05, 0.1) is 5.56 Å². The number of hydrogen-bond donors (Lipinski definition) is 2. The summed E-state index contributed by atoms with van der Waals surface area (Å²) in [6.45, 7) is 2.81. The van der Waals surface area contributed by atoms with Crippen LogP contribution >= 0.6 is 0 Å². The van der Waals surface area contributed by atoms with Crippen LogP contribution in [0.4, 0.5) is 11.4 Å². The summed E-state index contributed by atoms with van der Waals surface area (Å²) in [6.07, 6.45) is 0. The molecule has 25 heavy (non-hydrogen) atoms. The van der Waals surface area contributed by atoms with Crippen LogP contribution < -0.4 is 16.3 Å². The van der Waals surface area contributed by atoms with E-state index in [4.69, 9.17) is 4.42 Å². The zero-order valence-corrected chi connectivity index (χ0v) is 13.8. The number of carbonyl (C=O) groups is 2. The average Bonchev–Trinajstić information content (AvgIpc) is 2.54. The van der Waals surface area contributed by atoms with Crippen LogP contribution in [-0.2, 0) is 9.59 Å². The quantitative estimate of drug-likeness (QED) is 0.718. The molecule has 2 aromatic carbocycles. The molecule has 2 amide bonds. The van der Waals surface area contributed by atoms with Crippen molar-refractivity contribution < 1.29 is 14.0 Å². The molecule has 0 saturated heterocycles. The molecule has 0 unspecified atom stereocenters. The Hall–Kier alpha value is -3.41. The molecular weight excluding hydrogens is 320 g/mol. The summed E-state index contributed by atoms with van der Waals surface area (Å²) in [4.78, 5) is 35.0. The second kappa shape index (κ2) is 6.60. The Labute approximate surface area is 143 Å². The predicted octanol–water partition coefficient (Wildman–Crippen LogP) is 3.38. The van der Waals surface area contributed by atoms with E-state index in [1.54, 1.807) is 48.5 Å². The summed E-state index contributed by atoms with van der Waals surface area (Å²) < 4.78 is 5.41. The highest BCUT2D eigenvalue weighted by Crippen LogP contribution is 2.28. The second-order valence-corrected chi connectivity index (χ2v) is 5.61. The van der Waals surface area contributed by atoms with E-state index >= 15 is 0 Å². The Balaban J connectivity index is 2.12. The van der Waals surface area contributed by atoms with Crippen molar-refractivity contribution in [3.05, 3.63) is 59.0 Å². The van der Waals surface area contributed by atoms with Crippen LogP contribution in [-0.4, -0.2) is 11.8 Å². The number of carbonyl (C=O) groups excluding carboxylic acids is 2. The molecule has 6 nitrogen and oxygen atoms in total. The Morgan fingerprint density at radius 1 is 0.880 bits per heavy atom. The molecule has 1 aromatic heterocycles. The van der Waals surface area contributed by atoms with Crippen molar-refractivity contribution in [3.8, 4) is 11.1 Å². The number of anilines is 2. The van der Waals surface area contributed by atoms with Gasteiger partial charge in [-0.15, -0.1) is 0 Å². The molecule has 0 bridgehead atoms. The number of benzene rings is 2. The molecule has 0 saturated carbocycles. The highest BCUT2D eigenvalue weighted by molar-refractivity contribution is 5.96. The largest absolute Gasteiger partial charge is 0.422 e. The van der Waals surface area contributed by atoms with Gasteiger partial charge in [-0.3, -0.25) is 9.59 Å². The minimum atomic E-state index is -0.523. The van der Waals surface area contributed by atoms with Gasteiger partial charge in [0.1, 0.15) is 5.58 Å². The first-order valence-corrected chi connectivity index (χ1v) is 7.66. The Morgan fingerprint density at radius 2 is 1.60 bits per heavy atom. The smallest absolute Gasteiger partial charge is 0.344 e. The molecule has 0 radical (unpaired) electrons. The molecule has 2 N–H and O–H groups in total. The van der Waals surface area contributed by atoms with Gasteiger partial charge in [-0.25, -0.2) is 4.79 Å². The van der Waals surface area contributed by atoms with Crippen molar-refractivity contribution in [2.45, 2.75) is 13.8 Å². The summed E-state index contributed by atoms with van der Waals surface area (Å²) in [5, 5.41) is 6.07. The van der Waals surface area contributed by atoms with Crippen molar-refractivity contribution in [1.82, 2.24) is 0 Å². The number of rotatable bonds is 3. The molecule has 1 heterocycles. The van der Waals surface area contributed by atoms with Gasteiger partial charge < -0.3 is 15.1 Å². The van der Waals surface area contributed by atoms with E-state index in [0.717, 1.165) is 0 Å². The molecule has 0 aliphatic heterocycles. The van der Waals surface area contributed by atoms with Crippen LogP contribution in [0.5, 0.6) is 0 Å². The van der Waals surface area contributed by atoms with E-state index in [0.29, 0.717) is 33.5 Å². The van der Waals surface area contributed by atoms with E-state index in [-0.39, 0.29) is 11.8 Å². The summed E-state index contributed by atoms with van der Waals surface area (Å²) in [7, 11) is 0. The van der Waals surface area contributed by atoms with Crippen molar-refractivity contribution in [2.24, 2.45) is 0 Å². The van der Waals surface area contributed by atoms with Crippen LogP contribution in [0.2, 0.25) is 0 Å². The lowest BCUT2D eigenvalue weighted by Crippen LogP contribution is -2.10. The van der Waals surface area contributed by atoms with Gasteiger partial charge in [-0.05, 0) is 24.3 Å². The third-order valence-corrected chi connectivity index (χ3v) is 3.58. The number of amides is 2. The number of para-hydroxylation sites is 1. The number of hydrogen-bond acceptors (Lipinski definition) is 4. The first-order valence-electron chi connectivity index (χ1n) is 7.66. The van der Waals surface area contributed by atoms with E-state index in [9.17, 15) is 14.4 Å². The minimum Gasteiger partial charge on any atom is -0.422 e. The molecule has 3 rings (SSSR count). The van der Waals surface area contributed by atoms with Gasteiger partial charge >= 0.3 is 5.63 Å². The number of nitrogens with one attached hydrogen (secondary N) is 2. The van der Waals surface area contributed by atoms with Crippen molar-refractivity contribution >= 4 is 34.2 Å². The summed E-state index contributed by atoms with van der Waals surface area (Å²) in [5.41, 5.74) is 1.87. The molecule has 0 aliphatic rings. The van der Waals surface area contributed by atoms with Gasteiger partial charge in [0.25, 0.3) is 0 Å². The lowest BCUT2D eigenvalue weighted by atomic mass is 10.0. The molecule has 0 aliphatic carbocycles. The van der Waals surface area contributed by atoms with Gasteiger partial charge in [-0.1, -0.05) is 18.2 Å². The fourth-order valence-electron chi connectivity index (χ4n) is 2.60. The highest BCUT2D eigenvalue weighted by atomic mass is 16.4. The fraction of sp³-hybridized carbons (Fsp3) is 0.105. The van der Waals surface area contributed by atoms with Crippen molar-refractivity contribution in [2.75, 3.05) is 10.6 Å². The normalized spacial score (nSPS) is 10.5. The summed E-state index contributed by atoms with van der Waals surface area (Å²) in [6, 6.07) is 13.8. The van der Waals surface area contributed by atoms with Gasteiger partial charge in [0, 0.05) is 42.2 Å². The maximum Gasteiger partial charge on any atom is 0.344 e. The molecule has 0 atom stereocenters. The standard InChI is InChI=1S/C19H16N2O4/c1-11(22)20-14-8-7-13-9-16(19(24)25-18(13)10-14)15-5-3-4-6-17(15)21-12(2)23/h3-10H,1-2H3,(H,20,22)(H,21,23). The van der Waals surface area contributed by atoms with Crippen LogP contribution in [0.3, 0.4) is 0 Å². The van der Waals surface area contributed by atoms with Crippen LogP contribution in [0.15, 0.2) is 57.7 Å². The first-order chi connectivity index (χ1) is 11.9. The molecule has 126 valence electrons. The van der Waals surface area contributed by atoms with Crippen molar-refractivity contribution in [3.63, 3.8) is 0 Å².